The highest BCUT2D eigenvalue weighted by Gasteiger charge is 2.24. The molecule has 0 bridgehead atoms. The molecule has 1 aromatic rings. The molecular formula is C10H14BrNO4S3. The van der Waals surface area contributed by atoms with Crippen LogP contribution in [0.1, 0.15) is 23.0 Å². The van der Waals surface area contributed by atoms with E-state index in [0.29, 0.717) is 10.2 Å². The van der Waals surface area contributed by atoms with Crippen molar-refractivity contribution in [1.29, 1.82) is 0 Å². The van der Waals surface area contributed by atoms with Crippen LogP contribution in [-0.2, 0) is 10.0 Å². The minimum atomic E-state index is -3.69. The molecule has 0 amide bonds. The number of nitrogens with one attached hydrogen (secondary N) is 1. The molecule has 1 unspecified atom stereocenters. The number of carboxylic acids is 1. The molecule has 5 nitrogen and oxygen atoms in total. The van der Waals surface area contributed by atoms with Crippen LogP contribution in [0.5, 0.6) is 0 Å². The lowest BCUT2D eigenvalue weighted by molar-refractivity contribution is 0.0702. The minimum Gasteiger partial charge on any atom is -0.477 e. The van der Waals surface area contributed by atoms with Crippen molar-refractivity contribution in [2.45, 2.75) is 24.3 Å². The molecule has 0 radical (unpaired) electrons. The van der Waals surface area contributed by atoms with Crippen molar-refractivity contribution in [2.75, 3.05) is 12.0 Å². The van der Waals surface area contributed by atoms with E-state index in [1.165, 1.54) is 6.07 Å². The van der Waals surface area contributed by atoms with Crippen molar-refractivity contribution >= 4 is 55.0 Å². The number of rotatable bonds is 7. The van der Waals surface area contributed by atoms with E-state index in [1.807, 2.05) is 6.26 Å². The number of aromatic carboxylic acids is 1. The van der Waals surface area contributed by atoms with Crippen molar-refractivity contribution in [2.24, 2.45) is 0 Å². The Kier molecular flexibility index (Phi) is 6.31. The Bertz CT molecular complexity index is 555. The average molecular weight is 388 g/mol. The molecule has 1 rings (SSSR count). The van der Waals surface area contributed by atoms with Crippen molar-refractivity contribution in [3.63, 3.8) is 0 Å². The molecule has 0 saturated carbocycles. The highest BCUT2D eigenvalue weighted by molar-refractivity contribution is 9.11. The second-order valence-electron chi connectivity index (χ2n) is 3.86. The Morgan fingerprint density at radius 3 is 2.74 bits per heavy atom. The zero-order valence-electron chi connectivity index (χ0n) is 10.3. The Morgan fingerprint density at radius 2 is 2.26 bits per heavy atom. The third-order valence-electron chi connectivity index (χ3n) is 2.27. The third-order valence-corrected chi connectivity index (χ3v) is 6.74. The minimum absolute atomic E-state index is 0.0102. The van der Waals surface area contributed by atoms with Crippen LogP contribution in [0.3, 0.4) is 0 Å². The first-order valence-corrected chi connectivity index (χ1v) is 9.80. The van der Waals surface area contributed by atoms with E-state index in [1.54, 1.807) is 18.7 Å². The van der Waals surface area contributed by atoms with E-state index < -0.39 is 16.0 Å². The van der Waals surface area contributed by atoms with E-state index in [-0.39, 0.29) is 15.8 Å². The second-order valence-corrected chi connectivity index (χ2v) is 8.90. The van der Waals surface area contributed by atoms with Gasteiger partial charge in [-0.1, -0.05) is 0 Å². The van der Waals surface area contributed by atoms with E-state index in [0.717, 1.165) is 17.1 Å². The molecular weight excluding hydrogens is 374 g/mol. The summed E-state index contributed by atoms with van der Waals surface area (Å²) < 4.78 is 27.1. The van der Waals surface area contributed by atoms with Crippen LogP contribution >= 0.6 is 39.0 Å². The summed E-state index contributed by atoms with van der Waals surface area (Å²) in [5.74, 6) is -0.280. The number of thiophene rings is 1. The molecule has 0 aromatic carbocycles. The number of carboxylic acid groups (broad SMARTS) is 1. The number of hydrogen-bond donors (Lipinski definition) is 2. The van der Waals surface area contributed by atoms with Crippen LogP contribution in [0.2, 0.25) is 0 Å². The predicted molar refractivity (Wildman–Crippen MR) is 81.8 cm³/mol. The summed E-state index contributed by atoms with van der Waals surface area (Å²) in [6, 6.07) is 0.971. The fourth-order valence-corrected chi connectivity index (χ4v) is 5.59. The van der Waals surface area contributed by atoms with E-state index in [9.17, 15) is 13.2 Å². The maximum Gasteiger partial charge on any atom is 0.345 e. The monoisotopic (exact) mass is 387 g/mol. The Balaban J connectivity index is 2.91. The van der Waals surface area contributed by atoms with Gasteiger partial charge in [0.2, 0.25) is 10.0 Å². The fourth-order valence-electron chi connectivity index (χ4n) is 1.32. The average Bonchev–Trinajstić information content (AvgIpc) is 2.69. The summed E-state index contributed by atoms with van der Waals surface area (Å²) in [6.45, 7) is 1.78. The molecule has 1 aromatic heterocycles. The number of hydrogen-bond acceptors (Lipinski definition) is 5. The van der Waals surface area contributed by atoms with Gasteiger partial charge in [0.15, 0.2) is 0 Å². The smallest absolute Gasteiger partial charge is 0.345 e. The van der Waals surface area contributed by atoms with Crippen molar-refractivity contribution in [3.05, 3.63) is 14.7 Å². The van der Waals surface area contributed by atoms with Gasteiger partial charge in [-0.15, -0.1) is 11.3 Å². The maximum absolute atomic E-state index is 12.1. The molecule has 19 heavy (non-hydrogen) atoms. The number of halogens is 1. The fraction of sp³-hybridized carbons (Fsp3) is 0.500. The van der Waals surface area contributed by atoms with E-state index in [2.05, 4.69) is 20.7 Å². The van der Waals surface area contributed by atoms with Crippen LogP contribution in [0.25, 0.3) is 0 Å². The van der Waals surface area contributed by atoms with Crippen LogP contribution < -0.4 is 4.72 Å². The lowest BCUT2D eigenvalue weighted by Gasteiger charge is -2.13. The van der Waals surface area contributed by atoms with Gasteiger partial charge in [0.25, 0.3) is 0 Å². The van der Waals surface area contributed by atoms with Crippen molar-refractivity contribution < 1.29 is 18.3 Å². The summed E-state index contributed by atoms with van der Waals surface area (Å²) in [5.41, 5.74) is 0. The molecule has 0 spiro atoms. The summed E-state index contributed by atoms with van der Waals surface area (Å²) in [7, 11) is -3.69. The van der Waals surface area contributed by atoms with Crippen molar-refractivity contribution in [3.8, 4) is 0 Å². The Labute approximate surface area is 129 Å². The molecule has 1 atom stereocenters. The van der Waals surface area contributed by atoms with Gasteiger partial charge in [-0.2, -0.15) is 11.8 Å². The van der Waals surface area contributed by atoms with Crippen LogP contribution in [0, 0.1) is 0 Å². The summed E-state index contributed by atoms with van der Waals surface area (Å²) in [6.07, 6.45) is 2.67. The molecule has 2 N–H and O–H groups in total. The molecule has 0 saturated heterocycles. The maximum atomic E-state index is 12.1. The lowest BCUT2D eigenvalue weighted by atomic mass is 10.3. The normalized spacial score (nSPS) is 13.4. The molecule has 9 heteroatoms. The molecule has 0 fully saturated rings. The predicted octanol–water partition coefficient (Wildman–Crippen LogP) is 2.63. The van der Waals surface area contributed by atoms with E-state index >= 15 is 0 Å². The first kappa shape index (κ1) is 17.0. The largest absolute Gasteiger partial charge is 0.477 e. The van der Waals surface area contributed by atoms with Gasteiger partial charge in [0.1, 0.15) is 9.77 Å². The highest BCUT2D eigenvalue weighted by atomic mass is 79.9. The number of carbonyl (C=O) groups is 1. The van der Waals surface area contributed by atoms with E-state index in [4.69, 9.17) is 5.11 Å². The van der Waals surface area contributed by atoms with Gasteiger partial charge in [-0.25, -0.2) is 17.9 Å². The third kappa shape index (κ3) is 4.75. The number of thioether (sulfide) groups is 1. The standard InChI is InChI=1S/C10H14BrNO4S3/c1-6(3-4-17-2)12-19(15,16)8-5-7(10(13)14)18-9(8)11/h5-6,12H,3-4H2,1-2H3,(H,13,14). The van der Waals surface area contributed by atoms with Crippen LogP contribution in [0.15, 0.2) is 14.7 Å². The summed E-state index contributed by atoms with van der Waals surface area (Å²) in [5, 5.41) is 8.86. The number of sulfonamides is 1. The van der Waals surface area contributed by atoms with Gasteiger partial charge >= 0.3 is 5.97 Å². The first-order chi connectivity index (χ1) is 8.77. The molecule has 0 aliphatic carbocycles. The van der Waals surface area contributed by atoms with Gasteiger partial charge in [-0.05, 0) is 47.3 Å². The SMILES string of the molecule is CSCCC(C)NS(=O)(=O)c1cc(C(=O)O)sc1Br. The second kappa shape index (κ2) is 7.07. The Hall–Kier alpha value is -0.0900. The molecule has 0 aliphatic rings. The van der Waals surface area contributed by atoms with Gasteiger partial charge in [0, 0.05) is 6.04 Å². The summed E-state index contributed by atoms with van der Waals surface area (Å²) in [4.78, 5) is 10.8. The molecule has 0 aliphatic heterocycles. The molecule has 108 valence electrons. The lowest BCUT2D eigenvalue weighted by Crippen LogP contribution is -2.32. The zero-order valence-corrected chi connectivity index (χ0v) is 14.4. The Morgan fingerprint density at radius 1 is 1.63 bits per heavy atom. The topological polar surface area (TPSA) is 83.5 Å². The quantitative estimate of drug-likeness (QED) is 0.750. The molecule has 1 heterocycles. The van der Waals surface area contributed by atoms with Gasteiger partial charge in [0.05, 0.1) is 3.79 Å². The van der Waals surface area contributed by atoms with Gasteiger partial charge in [-0.3, -0.25) is 0 Å². The van der Waals surface area contributed by atoms with Crippen molar-refractivity contribution in [1.82, 2.24) is 4.72 Å². The summed E-state index contributed by atoms with van der Waals surface area (Å²) >= 11 is 5.63. The van der Waals surface area contributed by atoms with Crippen LogP contribution in [-0.4, -0.2) is 37.5 Å². The highest BCUT2D eigenvalue weighted by Crippen LogP contribution is 2.31. The zero-order chi connectivity index (χ0) is 14.6. The van der Waals surface area contributed by atoms with Crippen LogP contribution in [0.4, 0.5) is 0 Å². The van der Waals surface area contributed by atoms with Gasteiger partial charge < -0.3 is 5.11 Å². The first-order valence-electron chi connectivity index (χ1n) is 5.32.